The fraction of sp³-hybridized carbons (Fsp3) is 0. The van der Waals surface area contributed by atoms with Gasteiger partial charge in [-0.05, 0) is 24.3 Å². The molecule has 0 bridgehead atoms. The standard InChI is InChI=1S/C13H8Cl3NOS/c14-7-1-4-10(15)12(5-7)18-8-2-3-9(13(17)19)11(16)6-8/h1-6H,(H2,17,19). The molecule has 0 aliphatic heterocycles. The van der Waals surface area contributed by atoms with Crippen LogP contribution in [0, 0.1) is 0 Å². The average Bonchev–Trinajstić information content (AvgIpc) is 2.33. The van der Waals surface area contributed by atoms with Crippen LogP contribution < -0.4 is 10.5 Å². The Hall–Kier alpha value is -1.000. The second-order valence-electron chi connectivity index (χ2n) is 3.68. The normalized spacial score (nSPS) is 10.3. The van der Waals surface area contributed by atoms with Gasteiger partial charge in [0.1, 0.15) is 16.5 Å². The summed E-state index contributed by atoms with van der Waals surface area (Å²) in [4.78, 5) is 0.234. The van der Waals surface area contributed by atoms with Crippen LogP contribution >= 0.6 is 47.0 Å². The van der Waals surface area contributed by atoms with Crippen molar-refractivity contribution in [1.29, 1.82) is 0 Å². The van der Waals surface area contributed by atoms with Gasteiger partial charge in [-0.2, -0.15) is 0 Å². The second kappa shape index (κ2) is 5.97. The van der Waals surface area contributed by atoms with Gasteiger partial charge < -0.3 is 10.5 Å². The van der Waals surface area contributed by atoms with Crippen LogP contribution in [0.15, 0.2) is 36.4 Å². The molecule has 0 atom stereocenters. The molecule has 0 amide bonds. The summed E-state index contributed by atoms with van der Waals surface area (Å²) >= 11 is 22.8. The van der Waals surface area contributed by atoms with Gasteiger partial charge in [0.25, 0.3) is 0 Å². The first-order chi connectivity index (χ1) is 8.97. The van der Waals surface area contributed by atoms with Crippen molar-refractivity contribution in [3.8, 4) is 11.5 Å². The summed E-state index contributed by atoms with van der Waals surface area (Å²) in [5.41, 5.74) is 6.13. The molecular formula is C13H8Cl3NOS. The van der Waals surface area contributed by atoms with Gasteiger partial charge in [-0.25, -0.2) is 0 Å². The molecule has 2 aromatic carbocycles. The van der Waals surface area contributed by atoms with Crippen LogP contribution in [-0.4, -0.2) is 4.99 Å². The van der Waals surface area contributed by atoms with Crippen LogP contribution in [0.4, 0.5) is 0 Å². The van der Waals surface area contributed by atoms with E-state index in [4.69, 9.17) is 57.5 Å². The van der Waals surface area contributed by atoms with E-state index < -0.39 is 0 Å². The van der Waals surface area contributed by atoms with Gasteiger partial charge in [0, 0.05) is 22.7 Å². The largest absolute Gasteiger partial charge is 0.456 e. The first kappa shape index (κ1) is 14.4. The zero-order valence-corrected chi connectivity index (χ0v) is 12.6. The van der Waals surface area contributed by atoms with E-state index in [1.54, 1.807) is 36.4 Å². The molecule has 2 aromatic rings. The van der Waals surface area contributed by atoms with E-state index in [1.807, 2.05) is 0 Å². The Labute approximate surface area is 131 Å². The number of nitrogens with two attached hydrogens (primary N) is 1. The molecule has 0 spiro atoms. The lowest BCUT2D eigenvalue weighted by Gasteiger charge is -2.09. The smallest absolute Gasteiger partial charge is 0.147 e. The summed E-state index contributed by atoms with van der Waals surface area (Å²) in [6, 6.07) is 9.98. The minimum atomic E-state index is 0.234. The van der Waals surface area contributed by atoms with Gasteiger partial charge in [0.15, 0.2) is 0 Å². The Bertz CT molecular complexity index is 646. The Balaban J connectivity index is 2.31. The third kappa shape index (κ3) is 3.51. The molecular weight excluding hydrogens is 325 g/mol. The number of benzene rings is 2. The topological polar surface area (TPSA) is 35.2 Å². The van der Waals surface area contributed by atoms with Crippen molar-refractivity contribution in [3.63, 3.8) is 0 Å². The number of rotatable bonds is 3. The number of hydrogen-bond acceptors (Lipinski definition) is 2. The summed E-state index contributed by atoms with van der Waals surface area (Å²) < 4.78 is 5.62. The van der Waals surface area contributed by atoms with E-state index in [0.29, 0.717) is 32.1 Å². The molecule has 0 aliphatic carbocycles. The van der Waals surface area contributed by atoms with Crippen LogP contribution in [0.2, 0.25) is 15.1 Å². The highest BCUT2D eigenvalue weighted by molar-refractivity contribution is 7.80. The Morgan fingerprint density at radius 3 is 2.37 bits per heavy atom. The molecule has 6 heteroatoms. The molecule has 0 unspecified atom stereocenters. The highest BCUT2D eigenvalue weighted by Gasteiger charge is 2.08. The Morgan fingerprint density at radius 2 is 1.74 bits per heavy atom. The van der Waals surface area contributed by atoms with Crippen LogP contribution in [0.3, 0.4) is 0 Å². The van der Waals surface area contributed by atoms with E-state index >= 15 is 0 Å². The molecule has 98 valence electrons. The van der Waals surface area contributed by atoms with Crippen molar-refractivity contribution in [3.05, 3.63) is 57.0 Å². The summed E-state index contributed by atoms with van der Waals surface area (Å²) in [7, 11) is 0. The number of thiocarbonyl (C=S) groups is 1. The zero-order chi connectivity index (χ0) is 14.0. The lowest BCUT2D eigenvalue weighted by Crippen LogP contribution is -2.09. The van der Waals surface area contributed by atoms with Crippen molar-refractivity contribution in [1.82, 2.24) is 0 Å². The quantitative estimate of drug-likeness (QED) is 0.797. The lowest BCUT2D eigenvalue weighted by molar-refractivity contribution is 0.483. The third-order valence-electron chi connectivity index (χ3n) is 2.33. The van der Waals surface area contributed by atoms with Gasteiger partial charge in [-0.1, -0.05) is 47.0 Å². The van der Waals surface area contributed by atoms with Crippen LogP contribution in [0.25, 0.3) is 0 Å². The first-order valence-electron chi connectivity index (χ1n) is 5.19. The first-order valence-corrected chi connectivity index (χ1v) is 6.74. The number of halogens is 3. The Kier molecular flexibility index (Phi) is 4.53. The predicted molar refractivity (Wildman–Crippen MR) is 83.9 cm³/mol. The fourth-order valence-corrected chi connectivity index (χ4v) is 2.27. The molecule has 0 saturated carbocycles. The van der Waals surface area contributed by atoms with Gasteiger partial charge in [-0.3, -0.25) is 0 Å². The molecule has 0 aliphatic rings. The Morgan fingerprint density at radius 1 is 1.00 bits per heavy atom. The molecule has 2 nitrogen and oxygen atoms in total. The van der Waals surface area contributed by atoms with Crippen molar-refractivity contribution >= 4 is 52.0 Å². The van der Waals surface area contributed by atoms with Crippen molar-refractivity contribution in [2.75, 3.05) is 0 Å². The molecule has 2 rings (SSSR count). The molecule has 0 fully saturated rings. The summed E-state index contributed by atoms with van der Waals surface area (Å²) in [5.74, 6) is 0.975. The number of hydrogen-bond donors (Lipinski definition) is 1. The van der Waals surface area contributed by atoms with Crippen molar-refractivity contribution < 1.29 is 4.74 Å². The minimum absolute atomic E-state index is 0.234. The number of ether oxygens (including phenoxy) is 1. The van der Waals surface area contributed by atoms with Gasteiger partial charge in [-0.15, -0.1) is 0 Å². The van der Waals surface area contributed by atoms with Gasteiger partial charge in [0.2, 0.25) is 0 Å². The fourth-order valence-electron chi connectivity index (χ4n) is 1.44. The minimum Gasteiger partial charge on any atom is -0.456 e. The molecule has 0 saturated heterocycles. The molecule has 19 heavy (non-hydrogen) atoms. The maximum Gasteiger partial charge on any atom is 0.147 e. The molecule has 0 radical (unpaired) electrons. The maximum atomic E-state index is 6.06. The maximum absolute atomic E-state index is 6.06. The molecule has 0 aromatic heterocycles. The molecule has 2 N–H and O–H groups in total. The second-order valence-corrected chi connectivity index (χ2v) is 5.37. The predicted octanol–water partition coefficient (Wildman–Crippen LogP) is 5.07. The van der Waals surface area contributed by atoms with E-state index in [-0.39, 0.29) is 4.99 Å². The van der Waals surface area contributed by atoms with Gasteiger partial charge in [0.05, 0.1) is 10.0 Å². The average molecular weight is 333 g/mol. The van der Waals surface area contributed by atoms with E-state index in [0.717, 1.165) is 0 Å². The third-order valence-corrected chi connectivity index (χ3v) is 3.41. The van der Waals surface area contributed by atoms with Crippen molar-refractivity contribution in [2.45, 2.75) is 0 Å². The monoisotopic (exact) mass is 331 g/mol. The van der Waals surface area contributed by atoms with E-state index in [9.17, 15) is 0 Å². The van der Waals surface area contributed by atoms with E-state index in [1.165, 1.54) is 0 Å². The summed E-state index contributed by atoms with van der Waals surface area (Å²) in [6.45, 7) is 0. The molecule has 0 heterocycles. The lowest BCUT2D eigenvalue weighted by atomic mass is 10.2. The summed E-state index contributed by atoms with van der Waals surface area (Å²) in [5, 5.41) is 1.41. The van der Waals surface area contributed by atoms with Crippen LogP contribution in [0.1, 0.15) is 5.56 Å². The highest BCUT2D eigenvalue weighted by Crippen LogP contribution is 2.33. The zero-order valence-electron chi connectivity index (χ0n) is 9.49. The van der Waals surface area contributed by atoms with Gasteiger partial charge >= 0.3 is 0 Å². The van der Waals surface area contributed by atoms with Crippen LogP contribution in [0.5, 0.6) is 11.5 Å². The SMILES string of the molecule is NC(=S)c1ccc(Oc2cc(Cl)ccc2Cl)cc1Cl. The summed E-state index contributed by atoms with van der Waals surface area (Å²) in [6.07, 6.45) is 0. The van der Waals surface area contributed by atoms with E-state index in [2.05, 4.69) is 0 Å². The highest BCUT2D eigenvalue weighted by atomic mass is 35.5. The van der Waals surface area contributed by atoms with Crippen molar-refractivity contribution in [2.24, 2.45) is 5.73 Å². The van der Waals surface area contributed by atoms with Crippen LogP contribution in [-0.2, 0) is 0 Å².